The van der Waals surface area contributed by atoms with Gasteiger partial charge in [-0.05, 0) is 24.3 Å². The molecule has 0 saturated carbocycles. The van der Waals surface area contributed by atoms with Crippen LogP contribution in [0.4, 0.5) is 4.79 Å². The summed E-state index contributed by atoms with van der Waals surface area (Å²) in [5.74, 6) is 0. The van der Waals surface area contributed by atoms with Crippen molar-refractivity contribution in [3.63, 3.8) is 0 Å². The van der Waals surface area contributed by atoms with E-state index in [-0.39, 0.29) is 0 Å². The van der Waals surface area contributed by atoms with Crippen LogP contribution in [0.1, 0.15) is 25.3 Å². The molecule has 2 N–H and O–H groups in total. The van der Waals surface area contributed by atoms with E-state index < -0.39 is 6.09 Å². The van der Waals surface area contributed by atoms with Crippen LogP contribution in [0.5, 0.6) is 5.06 Å². The summed E-state index contributed by atoms with van der Waals surface area (Å²) in [6, 6.07) is 1.97. The molecule has 0 bridgehead atoms. The minimum Gasteiger partial charge on any atom is -0.399 e. The number of aryl methyl sites for hydroxylation is 1. The van der Waals surface area contributed by atoms with Crippen LogP contribution in [-0.4, -0.2) is 6.09 Å². The number of thiophene rings is 1. The molecule has 0 saturated heterocycles. The van der Waals surface area contributed by atoms with Crippen molar-refractivity contribution >= 4 is 17.4 Å². The highest BCUT2D eigenvalue weighted by Crippen LogP contribution is 2.27. The Morgan fingerprint density at radius 2 is 2.46 bits per heavy atom. The third-order valence-electron chi connectivity index (χ3n) is 1.70. The number of carbonyl (C=O) groups excluding carboxylic acids is 1. The predicted octanol–water partition coefficient (Wildman–Crippen LogP) is 2.55. The van der Waals surface area contributed by atoms with Crippen molar-refractivity contribution in [3.8, 4) is 5.06 Å². The third-order valence-corrected chi connectivity index (χ3v) is 2.53. The van der Waals surface area contributed by atoms with Crippen molar-refractivity contribution in [3.05, 3.63) is 17.0 Å². The Morgan fingerprint density at radius 3 is 3.08 bits per heavy atom. The number of unbranched alkanes of at least 4 members (excludes halogenated alkanes) is 1. The molecular weight excluding hydrogens is 186 g/mol. The van der Waals surface area contributed by atoms with Crippen LogP contribution < -0.4 is 10.5 Å². The molecule has 0 aliphatic rings. The van der Waals surface area contributed by atoms with Gasteiger partial charge in [0.05, 0.1) is 0 Å². The first-order valence-electron chi connectivity index (χ1n) is 4.27. The van der Waals surface area contributed by atoms with Crippen molar-refractivity contribution in [2.45, 2.75) is 26.2 Å². The summed E-state index contributed by atoms with van der Waals surface area (Å²) in [6.07, 6.45) is 2.44. The molecule has 72 valence electrons. The Labute approximate surface area is 81.5 Å². The first-order valence-corrected chi connectivity index (χ1v) is 5.15. The second-order valence-electron chi connectivity index (χ2n) is 2.76. The molecule has 1 aromatic rings. The largest absolute Gasteiger partial charge is 0.410 e. The third kappa shape index (κ3) is 3.06. The molecule has 0 aliphatic heterocycles. The fourth-order valence-corrected chi connectivity index (χ4v) is 1.86. The lowest BCUT2D eigenvalue weighted by atomic mass is 10.1. The summed E-state index contributed by atoms with van der Waals surface area (Å²) in [4.78, 5) is 10.5. The van der Waals surface area contributed by atoms with E-state index in [1.165, 1.54) is 11.3 Å². The van der Waals surface area contributed by atoms with Gasteiger partial charge in [0.25, 0.3) is 0 Å². The van der Waals surface area contributed by atoms with Gasteiger partial charge in [0.1, 0.15) is 0 Å². The molecular formula is C9H13NO2S. The van der Waals surface area contributed by atoms with E-state index in [1.54, 1.807) is 0 Å². The number of hydrogen-bond acceptors (Lipinski definition) is 3. The van der Waals surface area contributed by atoms with E-state index >= 15 is 0 Å². The molecule has 4 heteroatoms. The highest BCUT2D eigenvalue weighted by Gasteiger charge is 2.07. The molecule has 0 aromatic carbocycles. The van der Waals surface area contributed by atoms with Crippen molar-refractivity contribution in [1.82, 2.24) is 0 Å². The van der Waals surface area contributed by atoms with E-state index in [4.69, 9.17) is 10.5 Å². The van der Waals surface area contributed by atoms with Crippen LogP contribution in [-0.2, 0) is 6.42 Å². The SMILES string of the molecule is CCCCc1ccsc1OC(N)=O. The Balaban J connectivity index is 2.60. The van der Waals surface area contributed by atoms with Gasteiger partial charge in [0.2, 0.25) is 0 Å². The molecule has 0 spiro atoms. The zero-order chi connectivity index (χ0) is 9.68. The molecule has 1 heterocycles. The van der Waals surface area contributed by atoms with Crippen molar-refractivity contribution in [1.29, 1.82) is 0 Å². The van der Waals surface area contributed by atoms with Gasteiger partial charge in [-0.25, -0.2) is 4.79 Å². The van der Waals surface area contributed by atoms with Gasteiger partial charge in [-0.1, -0.05) is 13.3 Å². The van der Waals surface area contributed by atoms with Crippen LogP contribution in [0.2, 0.25) is 0 Å². The van der Waals surface area contributed by atoms with Crippen molar-refractivity contribution < 1.29 is 9.53 Å². The molecule has 0 aliphatic carbocycles. The second kappa shape index (κ2) is 4.87. The van der Waals surface area contributed by atoms with Crippen molar-refractivity contribution in [2.75, 3.05) is 0 Å². The average Bonchev–Trinajstić information content (AvgIpc) is 2.48. The maximum absolute atomic E-state index is 10.5. The van der Waals surface area contributed by atoms with Crippen molar-refractivity contribution in [2.24, 2.45) is 5.73 Å². The standard InChI is InChI=1S/C9H13NO2S/c1-2-3-4-7-5-6-13-8(7)12-9(10)11/h5-6H,2-4H2,1H3,(H2,10,11). The van der Waals surface area contributed by atoms with E-state index in [2.05, 4.69) is 6.92 Å². The summed E-state index contributed by atoms with van der Waals surface area (Å²) in [5, 5.41) is 2.55. The number of primary amides is 1. The van der Waals surface area contributed by atoms with Gasteiger partial charge in [-0.15, -0.1) is 11.3 Å². The molecule has 0 radical (unpaired) electrons. The molecule has 0 unspecified atom stereocenters. The lowest BCUT2D eigenvalue weighted by Crippen LogP contribution is -2.16. The lowest BCUT2D eigenvalue weighted by Gasteiger charge is -2.01. The quantitative estimate of drug-likeness (QED) is 0.810. The topological polar surface area (TPSA) is 52.3 Å². The highest BCUT2D eigenvalue weighted by molar-refractivity contribution is 7.12. The van der Waals surface area contributed by atoms with Gasteiger partial charge in [-0.3, -0.25) is 0 Å². The summed E-state index contributed by atoms with van der Waals surface area (Å²) >= 11 is 1.41. The van der Waals surface area contributed by atoms with E-state index in [1.807, 2.05) is 11.4 Å². The first-order chi connectivity index (χ1) is 6.24. The smallest absolute Gasteiger partial charge is 0.399 e. The van der Waals surface area contributed by atoms with Crippen LogP contribution in [0, 0.1) is 0 Å². The molecule has 1 amide bonds. The molecule has 0 atom stereocenters. The van der Waals surface area contributed by atoms with Crippen LogP contribution in [0.15, 0.2) is 11.4 Å². The first kappa shape index (κ1) is 10.1. The minimum absolute atomic E-state index is 0.640. The van der Waals surface area contributed by atoms with E-state index in [9.17, 15) is 4.79 Å². The fraction of sp³-hybridized carbons (Fsp3) is 0.444. The molecule has 1 rings (SSSR count). The Kier molecular flexibility index (Phi) is 3.76. The Bertz CT molecular complexity index is 283. The molecule has 1 aromatic heterocycles. The normalized spacial score (nSPS) is 9.92. The number of hydrogen-bond donors (Lipinski definition) is 1. The molecule has 13 heavy (non-hydrogen) atoms. The predicted molar refractivity (Wildman–Crippen MR) is 53.1 cm³/mol. The van der Waals surface area contributed by atoms with Gasteiger partial charge in [-0.2, -0.15) is 0 Å². The Morgan fingerprint density at radius 1 is 1.69 bits per heavy atom. The second-order valence-corrected chi connectivity index (χ2v) is 3.64. The number of carbonyl (C=O) groups is 1. The maximum Gasteiger partial charge on any atom is 0.410 e. The zero-order valence-electron chi connectivity index (χ0n) is 7.58. The molecule has 0 fully saturated rings. The van der Waals surface area contributed by atoms with Crippen LogP contribution in [0.3, 0.4) is 0 Å². The average molecular weight is 199 g/mol. The van der Waals surface area contributed by atoms with Gasteiger partial charge in [0, 0.05) is 5.56 Å². The van der Waals surface area contributed by atoms with E-state index in [0.717, 1.165) is 24.8 Å². The zero-order valence-corrected chi connectivity index (χ0v) is 8.39. The lowest BCUT2D eigenvalue weighted by molar-refractivity contribution is 0.212. The number of rotatable bonds is 4. The number of nitrogens with two attached hydrogens (primary N) is 1. The molecule has 3 nitrogen and oxygen atoms in total. The van der Waals surface area contributed by atoms with Gasteiger partial charge >= 0.3 is 6.09 Å². The number of amides is 1. The Hall–Kier alpha value is -1.03. The van der Waals surface area contributed by atoms with Crippen LogP contribution >= 0.6 is 11.3 Å². The summed E-state index contributed by atoms with van der Waals surface area (Å²) in [5.41, 5.74) is 6.00. The van der Waals surface area contributed by atoms with Crippen LogP contribution in [0.25, 0.3) is 0 Å². The van der Waals surface area contributed by atoms with Gasteiger partial charge in [0.15, 0.2) is 5.06 Å². The monoisotopic (exact) mass is 199 g/mol. The highest BCUT2D eigenvalue weighted by atomic mass is 32.1. The summed E-state index contributed by atoms with van der Waals surface area (Å²) in [7, 11) is 0. The number of ether oxygens (including phenoxy) is 1. The summed E-state index contributed by atoms with van der Waals surface area (Å²) in [6.45, 7) is 2.13. The van der Waals surface area contributed by atoms with Gasteiger partial charge < -0.3 is 10.5 Å². The minimum atomic E-state index is -0.736. The summed E-state index contributed by atoms with van der Waals surface area (Å²) < 4.78 is 4.84. The maximum atomic E-state index is 10.5. The van der Waals surface area contributed by atoms with E-state index in [0.29, 0.717) is 5.06 Å². The fourth-order valence-electron chi connectivity index (χ4n) is 1.06.